The molecule has 2 rings (SSSR count). The summed E-state index contributed by atoms with van der Waals surface area (Å²) in [5.74, 6) is -4.75. The van der Waals surface area contributed by atoms with Gasteiger partial charge in [0.2, 0.25) is 23.6 Å². The zero-order valence-corrected chi connectivity index (χ0v) is 25.6. The van der Waals surface area contributed by atoms with Crippen molar-refractivity contribution < 1.29 is 54.0 Å². The molecule has 3 atom stereocenters. The van der Waals surface area contributed by atoms with Crippen LogP contribution in [0.15, 0.2) is 48.5 Å². The van der Waals surface area contributed by atoms with Crippen LogP contribution in [0.2, 0.25) is 0 Å². The van der Waals surface area contributed by atoms with Crippen molar-refractivity contribution in [3.05, 3.63) is 59.7 Å². The Morgan fingerprint density at radius 3 is 1.49 bits per heavy atom. The number of aldehydes is 1. The molecule has 0 aliphatic heterocycles. The highest BCUT2D eigenvalue weighted by Crippen LogP contribution is 2.13. The third kappa shape index (κ3) is 15.4. The Hall–Kier alpha value is -5.47. The summed E-state index contributed by atoms with van der Waals surface area (Å²) in [6, 6.07) is 8.91. The topological polar surface area (TPSA) is 249 Å². The maximum Gasteiger partial charge on any atom is 0.303 e. The third-order valence-electron chi connectivity index (χ3n) is 6.92. The lowest BCUT2D eigenvalue weighted by atomic mass is 10.0. The number of phenols is 2. The second kappa shape index (κ2) is 19.8. The molecular formula is C32H40N4O11. The zero-order chi connectivity index (χ0) is 34.8. The fourth-order valence-electron chi connectivity index (χ4n) is 4.41. The summed E-state index contributed by atoms with van der Waals surface area (Å²) >= 11 is 0. The number of unbranched alkanes of at least 4 members (excludes halogenated alkanes) is 1. The lowest BCUT2D eigenvalue weighted by Gasteiger charge is -2.21. The maximum absolute atomic E-state index is 13.1. The molecule has 0 unspecified atom stereocenters. The second-order valence-corrected chi connectivity index (χ2v) is 10.8. The van der Waals surface area contributed by atoms with Crippen molar-refractivity contribution >= 4 is 41.9 Å². The average Bonchev–Trinajstić information content (AvgIpc) is 3.03. The molecule has 0 saturated heterocycles. The van der Waals surface area contributed by atoms with E-state index in [0.29, 0.717) is 30.3 Å². The first-order chi connectivity index (χ1) is 22.4. The lowest BCUT2D eigenvalue weighted by molar-refractivity contribution is -0.139. The van der Waals surface area contributed by atoms with Crippen LogP contribution in [0, 0.1) is 0 Å². The molecule has 0 aromatic heterocycles. The van der Waals surface area contributed by atoms with Gasteiger partial charge >= 0.3 is 11.9 Å². The van der Waals surface area contributed by atoms with Gasteiger partial charge in [0.25, 0.3) is 0 Å². The normalized spacial score (nSPS) is 12.5. The van der Waals surface area contributed by atoms with Gasteiger partial charge < -0.3 is 46.5 Å². The number of phenolic OH excluding ortho intramolecular Hbond substituents is 2. The monoisotopic (exact) mass is 656 g/mol. The van der Waals surface area contributed by atoms with Crippen LogP contribution in [-0.2, 0) is 46.4 Å². The van der Waals surface area contributed by atoms with Gasteiger partial charge in [0.15, 0.2) is 0 Å². The third-order valence-corrected chi connectivity index (χ3v) is 6.92. The number of amides is 4. The van der Waals surface area contributed by atoms with E-state index in [1.807, 2.05) is 0 Å². The minimum Gasteiger partial charge on any atom is -0.508 e. The number of rotatable bonds is 21. The minimum absolute atomic E-state index is 0.00538. The Kier molecular flexibility index (Phi) is 15.9. The molecule has 47 heavy (non-hydrogen) atoms. The van der Waals surface area contributed by atoms with Crippen LogP contribution in [-0.4, -0.2) is 86.9 Å². The number of hydrogen-bond acceptors (Lipinski definition) is 9. The van der Waals surface area contributed by atoms with Crippen LogP contribution in [0.25, 0.3) is 0 Å². The average molecular weight is 657 g/mol. The van der Waals surface area contributed by atoms with Crippen molar-refractivity contribution in [1.29, 1.82) is 0 Å². The number of carboxylic acids is 2. The van der Waals surface area contributed by atoms with E-state index in [0.717, 1.165) is 0 Å². The summed E-state index contributed by atoms with van der Waals surface area (Å²) in [5, 5.41) is 47.0. The molecular weight excluding hydrogens is 616 g/mol. The number of benzene rings is 2. The van der Waals surface area contributed by atoms with E-state index in [2.05, 4.69) is 21.3 Å². The molecule has 4 amide bonds. The minimum atomic E-state index is -1.18. The van der Waals surface area contributed by atoms with Crippen molar-refractivity contribution in [2.24, 2.45) is 0 Å². The predicted octanol–water partition coefficient (Wildman–Crippen LogP) is 0.552. The van der Waals surface area contributed by atoms with E-state index in [1.165, 1.54) is 24.3 Å². The summed E-state index contributed by atoms with van der Waals surface area (Å²) in [5.41, 5.74) is 1.24. The molecule has 0 aliphatic rings. The number of aliphatic carboxylic acids is 2. The standard InChI is InChI=1S/C32H40N4O11/c37-19-22(34-32(47)26(36-28(41)13-15-30(44)45)18-21-6-10-24(39)11-7-21)3-1-2-16-33-31(46)25(35-27(40)12-14-29(42)43)17-20-4-8-23(38)9-5-20/h4-11,19,22,25-26,38-39H,1-3,12-18H2,(H,33,46)(H,34,47)(H,35,40)(H,36,41)(H,42,43)(H,44,45)/t22-,25-,26-/m0/s1. The van der Waals surface area contributed by atoms with E-state index in [4.69, 9.17) is 10.2 Å². The van der Waals surface area contributed by atoms with Gasteiger partial charge in [-0.3, -0.25) is 28.8 Å². The van der Waals surface area contributed by atoms with Gasteiger partial charge in [-0.25, -0.2) is 0 Å². The largest absolute Gasteiger partial charge is 0.508 e. The quantitative estimate of drug-likeness (QED) is 0.0681. The highest BCUT2D eigenvalue weighted by molar-refractivity contribution is 5.90. The van der Waals surface area contributed by atoms with E-state index >= 15 is 0 Å². The van der Waals surface area contributed by atoms with Gasteiger partial charge in [0.1, 0.15) is 29.9 Å². The van der Waals surface area contributed by atoms with Gasteiger partial charge in [-0.1, -0.05) is 24.3 Å². The van der Waals surface area contributed by atoms with Crippen molar-refractivity contribution in [3.63, 3.8) is 0 Å². The van der Waals surface area contributed by atoms with Gasteiger partial charge in [-0.05, 0) is 54.7 Å². The van der Waals surface area contributed by atoms with E-state index in [1.54, 1.807) is 24.3 Å². The number of carboxylic acid groups (broad SMARTS) is 2. The highest BCUT2D eigenvalue weighted by Gasteiger charge is 2.25. The van der Waals surface area contributed by atoms with Crippen LogP contribution < -0.4 is 21.3 Å². The van der Waals surface area contributed by atoms with Crippen LogP contribution >= 0.6 is 0 Å². The zero-order valence-electron chi connectivity index (χ0n) is 25.6. The molecule has 15 heteroatoms. The van der Waals surface area contributed by atoms with E-state index in [9.17, 15) is 43.8 Å². The van der Waals surface area contributed by atoms with E-state index < -0.39 is 66.5 Å². The van der Waals surface area contributed by atoms with Gasteiger partial charge in [-0.15, -0.1) is 0 Å². The Bertz CT molecular complexity index is 1380. The molecule has 0 heterocycles. The van der Waals surface area contributed by atoms with Gasteiger partial charge in [0, 0.05) is 32.2 Å². The molecule has 254 valence electrons. The first-order valence-corrected chi connectivity index (χ1v) is 15.0. The number of carbonyl (C=O) groups is 7. The Balaban J connectivity index is 1.92. The number of aromatic hydroxyl groups is 2. The Morgan fingerprint density at radius 1 is 0.617 bits per heavy atom. The Morgan fingerprint density at radius 2 is 1.06 bits per heavy atom. The van der Waals surface area contributed by atoms with Crippen LogP contribution in [0.5, 0.6) is 11.5 Å². The first-order valence-electron chi connectivity index (χ1n) is 15.0. The van der Waals surface area contributed by atoms with Crippen molar-refractivity contribution in [2.75, 3.05) is 6.54 Å². The lowest BCUT2D eigenvalue weighted by Crippen LogP contribution is -2.51. The molecule has 2 aromatic carbocycles. The van der Waals surface area contributed by atoms with Crippen molar-refractivity contribution in [2.45, 2.75) is 75.9 Å². The molecule has 0 spiro atoms. The fraction of sp³-hybridized carbons (Fsp3) is 0.406. The molecule has 2 aromatic rings. The molecule has 0 bridgehead atoms. The summed E-state index contributed by atoms with van der Waals surface area (Å²) in [4.78, 5) is 83.9. The molecule has 8 N–H and O–H groups in total. The van der Waals surface area contributed by atoms with Crippen LogP contribution in [0.3, 0.4) is 0 Å². The Labute approximate surface area is 270 Å². The van der Waals surface area contributed by atoms with Gasteiger partial charge in [0.05, 0.1) is 18.9 Å². The number of carbonyl (C=O) groups excluding carboxylic acids is 5. The number of hydrogen-bond donors (Lipinski definition) is 8. The second-order valence-electron chi connectivity index (χ2n) is 10.8. The smallest absolute Gasteiger partial charge is 0.303 e. The van der Waals surface area contributed by atoms with E-state index in [-0.39, 0.29) is 50.1 Å². The fourth-order valence-corrected chi connectivity index (χ4v) is 4.41. The number of nitrogens with one attached hydrogen (secondary N) is 4. The summed E-state index contributed by atoms with van der Waals surface area (Å²) in [6.07, 6.45) is 0.147. The van der Waals surface area contributed by atoms with Crippen molar-refractivity contribution in [3.8, 4) is 11.5 Å². The summed E-state index contributed by atoms with van der Waals surface area (Å²) in [7, 11) is 0. The molecule has 0 saturated carbocycles. The van der Waals surface area contributed by atoms with Crippen LogP contribution in [0.1, 0.15) is 56.1 Å². The molecule has 0 fully saturated rings. The predicted molar refractivity (Wildman–Crippen MR) is 166 cm³/mol. The summed E-state index contributed by atoms with van der Waals surface area (Å²) in [6.45, 7) is 0.165. The maximum atomic E-state index is 13.1. The summed E-state index contributed by atoms with van der Waals surface area (Å²) < 4.78 is 0. The highest BCUT2D eigenvalue weighted by atomic mass is 16.4. The molecule has 15 nitrogen and oxygen atoms in total. The first kappa shape index (κ1) is 37.7. The SMILES string of the molecule is O=C[C@H](CCCCNC(=O)[C@H](Cc1ccc(O)cc1)NC(=O)CCC(=O)O)NC(=O)[C@H](Cc1ccc(O)cc1)NC(=O)CCC(=O)O. The van der Waals surface area contributed by atoms with Crippen molar-refractivity contribution in [1.82, 2.24) is 21.3 Å². The van der Waals surface area contributed by atoms with Crippen LogP contribution in [0.4, 0.5) is 0 Å². The van der Waals surface area contributed by atoms with Gasteiger partial charge in [-0.2, -0.15) is 0 Å². The molecule has 0 aliphatic carbocycles. The molecule has 0 radical (unpaired) electrons.